The second-order valence-corrected chi connectivity index (χ2v) is 12.6. The summed E-state index contributed by atoms with van der Waals surface area (Å²) in [5, 5.41) is 0. The molecule has 0 aromatic heterocycles. The van der Waals surface area contributed by atoms with Crippen LogP contribution in [0.2, 0.25) is 19.6 Å². The highest BCUT2D eigenvalue weighted by molar-refractivity contribution is 6.83. The first-order valence-electron chi connectivity index (χ1n) is 9.75. The van der Waals surface area contributed by atoms with Crippen LogP contribution >= 0.6 is 0 Å². The topological polar surface area (TPSA) is 0 Å². The first-order chi connectivity index (χ1) is 14.4. The van der Waals surface area contributed by atoms with Crippen molar-refractivity contribution in [2.24, 2.45) is 0 Å². The fraction of sp³-hybridized carbons (Fsp3) is 0.103. The van der Waals surface area contributed by atoms with Gasteiger partial charge in [0.05, 0.1) is 0 Å². The normalized spacial score (nSPS) is 9.67. The van der Waals surface area contributed by atoms with Gasteiger partial charge in [-0.25, -0.2) is 0 Å². The fourth-order valence-electron chi connectivity index (χ4n) is 2.47. The molecule has 0 N–H and O–H groups in total. The summed E-state index contributed by atoms with van der Waals surface area (Å²) in [7, 11) is -1.35. The molecule has 0 fully saturated rings. The molecule has 0 amide bonds. The van der Waals surface area contributed by atoms with Crippen molar-refractivity contribution in [2.45, 2.75) is 19.6 Å². The Kier molecular flexibility index (Phi) is 6.63. The Morgan fingerprint density at radius 2 is 0.733 bits per heavy atom. The van der Waals surface area contributed by atoms with E-state index < -0.39 is 8.07 Å². The molecule has 0 heterocycles. The lowest BCUT2D eigenvalue weighted by atomic mass is 10.1. The third-order valence-corrected chi connectivity index (χ3v) is 4.98. The molecule has 0 atom stereocenters. The van der Waals surface area contributed by atoms with Crippen LogP contribution in [0.1, 0.15) is 33.4 Å². The van der Waals surface area contributed by atoms with Crippen LogP contribution in [-0.4, -0.2) is 8.07 Å². The predicted molar refractivity (Wildman–Crippen MR) is 129 cm³/mol. The summed E-state index contributed by atoms with van der Waals surface area (Å²) >= 11 is 0. The van der Waals surface area contributed by atoms with Crippen molar-refractivity contribution in [2.75, 3.05) is 0 Å². The van der Waals surface area contributed by atoms with Gasteiger partial charge in [-0.15, -0.1) is 12.0 Å². The van der Waals surface area contributed by atoms with Crippen LogP contribution in [0, 0.1) is 47.5 Å². The highest BCUT2D eigenvalue weighted by Crippen LogP contribution is 2.07. The Hall–Kier alpha value is -3.88. The lowest BCUT2D eigenvalue weighted by Gasteiger charge is -2.03. The summed E-state index contributed by atoms with van der Waals surface area (Å²) in [4.78, 5) is 0. The Balaban J connectivity index is 1.66. The molecule has 0 spiro atoms. The smallest absolute Gasteiger partial charge is 0.127 e. The second kappa shape index (κ2) is 9.55. The molecule has 30 heavy (non-hydrogen) atoms. The van der Waals surface area contributed by atoms with E-state index in [1.165, 1.54) is 0 Å². The lowest BCUT2D eigenvalue weighted by molar-refractivity contribution is 1.57. The van der Waals surface area contributed by atoms with E-state index in [1.807, 2.05) is 72.8 Å². The Morgan fingerprint density at radius 1 is 0.467 bits per heavy atom. The van der Waals surface area contributed by atoms with Gasteiger partial charge in [0.15, 0.2) is 0 Å². The average molecular weight is 399 g/mol. The fourth-order valence-corrected chi connectivity index (χ4v) is 2.99. The van der Waals surface area contributed by atoms with Crippen LogP contribution in [0.15, 0.2) is 72.8 Å². The zero-order valence-electron chi connectivity index (χ0n) is 17.5. The van der Waals surface area contributed by atoms with Gasteiger partial charge in [-0.3, -0.25) is 0 Å². The van der Waals surface area contributed by atoms with Gasteiger partial charge in [-0.2, -0.15) is 0 Å². The number of terminal acetylenes is 1. The van der Waals surface area contributed by atoms with Crippen molar-refractivity contribution < 1.29 is 0 Å². The largest absolute Gasteiger partial charge is 0.129 e. The minimum atomic E-state index is -1.35. The molecule has 142 valence electrons. The summed E-state index contributed by atoms with van der Waals surface area (Å²) in [5.74, 6) is 18.6. The van der Waals surface area contributed by atoms with Crippen molar-refractivity contribution in [1.29, 1.82) is 0 Å². The van der Waals surface area contributed by atoms with Crippen LogP contribution in [-0.2, 0) is 0 Å². The molecule has 3 aromatic carbocycles. The molecule has 0 saturated carbocycles. The van der Waals surface area contributed by atoms with Crippen molar-refractivity contribution in [3.8, 4) is 47.5 Å². The molecule has 0 aliphatic heterocycles. The molecule has 0 radical (unpaired) electrons. The van der Waals surface area contributed by atoms with E-state index in [4.69, 9.17) is 6.42 Å². The number of benzene rings is 3. The van der Waals surface area contributed by atoms with Gasteiger partial charge in [0.2, 0.25) is 0 Å². The van der Waals surface area contributed by atoms with E-state index >= 15 is 0 Å². The van der Waals surface area contributed by atoms with Gasteiger partial charge in [-0.1, -0.05) is 55.2 Å². The minimum Gasteiger partial charge on any atom is -0.127 e. The average Bonchev–Trinajstić information content (AvgIpc) is 2.76. The van der Waals surface area contributed by atoms with E-state index in [2.05, 4.69) is 60.7 Å². The van der Waals surface area contributed by atoms with Crippen molar-refractivity contribution in [1.82, 2.24) is 0 Å². The highest BCUT2D eigenvalue weighted by atomic mass is 28.3. The SMILES string of the molecule is C#Cc1ccc(C#Cc2ccc(C#Cc3ccc(C#C[Si](C)(C)C)cc3)cc2)cc1. The van der Waals surface area contributed by atoms with Crippen molar-refractivity contribution in [3.63, 3.8) is 0 Å². The van der Waals surface area contributed by atoms with E-state index in [0.29, 0.717) is 0 Å². The molecule has 3 rings (SSSR count). The summed E-state index contributed by atoms with van der Waals surface area (Å²) in [6, 6.07) is 23.7. The van der Waals surface area contributed by atoms with Crippen molar-refractivity contribution >= 4 is 8.07 Å². The molecular formula is C29H22Si. The molecule has 0 bridgehead atoms. The molecule has 0 aliphatic rings. The Morgan fingerprint density at radius 3 is 1.00 bits per heavy atom. The van der Waals surface area contributed by atoms with Crippen LogP contribution in [0.5, 0.6) is 0 Å². The summed E-state index contributed by atoms with van der Waals surface area (Å²) in [6.07, 6.45) is 5.37. The van der Waals surface area contributed by atoms with Gasteiger partial charge in [0.1, 0.15) is 8.07 Å². The number of hydrogen-bond acceptors (Lipinski definition) is 0. The maximum atomic E-state index is 5.37. The number of hydrogen-bond donors (Lipinski definition) is 0. The second-order valence-electron chi connectivity index (χ2n) is 7.88. The Bertz CT molecular complexity index is 1240. The van der Waals surface area contributed by atoms with E-state index in [1.54, 1.807) is 0 Å². The summed E-state index contributed by atoms with van der Waals surface area (Å²) in [6.45, 7) is 6.73. The zero-order chi connectivity index (χ0) is 21.4. The molecule has 1 heteroatoms. The van der Waals surface area contributed by atoms with E-state index in [0.717, 1.165) is 33.4 Å². The van der Waals surface area contributed by atoms with E-state index in [-0.39, 0.29) is 0 Å². The zero-order valence-corrected chi connectivity index (χ0v) is 18.5. The Labute approximate surface area is 181 Å². The summed E-state index contributed by atoms with van der Waals surface area (Å²) in [5.41, 5.74) is 9.11. The maximum absolute atomic E-state index is 5.37. The maximum Gasteiger partial charge on any atom is 0.129 e. The van der Waals surface area contributed by atoms with Crippen LogP contribution in [0.4, 0.5) is 0 Å². The quantitative estimate of drug-likeness (QED) is 0.337. The highest BCUT2D eigenvalue weighted by Gasteiger charge is 2.07. The van der Waals surface area contributed by atoms with Gasteiger partial charge >= 0.3 is 0 Å². The van der Waals surface area contributed by atoms with Gasteiger partial charge in [-0.05, 0) is 72.8 Å². The first-order valence-corrected chi connectivity index (χ1v) is 13.3. The standard InChI is InChI=1S/C29H22Si/c1-5-24-6-8-25(9-7-24)10-11-26-12-14-27(15-13-26)16-17-28-18-20-29(21-19-28)22-23-30(2,3)4/h1,6-9,12-15,18-21H,2-4H3. The minimum absolute atomic E-state index is 0.859. The first kappa shape index (κ1) is 20.8. The lowest BCUT2D eigenvalue weighted by Crippen LogP contribution is -2.16. The predicted octanol–water partition coefficient (Wildman–Crippen LogP) is 5.70. The molecule has 0 aliphatic carbocycles. The van der Waals surface area contributed by atoms with E-state index in [9.17, 15) is 0 Å². The third-order valence-electron chi connectivity index (χ3n) is 4.11. The van der Waals surface area contributed by atoms with Gasteiger partial charge in [0.25, 0.3) is 0 Å². The molecule has 3 aromatic rings. The molecular weight excluding hydrogens is 376 g/mol. The van der Waals surface area contributed by atoms with Gasteiger partial charge in [0, 0.05) is 33.4 Å². The van der Waals surface area contributed by atoms with Crippen LogP contribution in [0.3, 0.4) is 0 Å². The molecule has 0 saturated heterocycles. The molecule has 0 unspecified atom stereocenters. The van der Waals surface area contributed by atoms with Crippen molar-refractivity contribution in [3.05, 3.63) is 106 Å². The molecule has 0 nitrogen and oxygen atoms in total. The van der Waals surface area contributed by atoms with Crippen LogP contribution < -0.4 is 0 Å². The van der Waals surface area contributed by atoms with Gasteiger partial charge < -0.3 is 0 Å². The van der Waals surface area contributed by atoms with Crippen LogP contribution in [0.25, 0.3) is 0 Å². The third kappa shape index (κ3) is 6.62. The number of rotatable bonds is 0. The summed E-state index contributed by atoms with van der Waals surface area (Å²) < 4.78 is 0. The monoisotopic (exact) mass is 398 g/mol.